The standard InChI is InChI=1S/C28H23F3N4O3/c29-28(30,31)38-21-12-10-20(11-13-21)32-27(37)35-16-14-34(15-17-35)26(36)23-18-25(19-6-2-1-3-7-19)33-24-9-5-4-8-22(23)24/h1-13,18H,14-17H2,(H,32,37). The summed E-state index contributed by atoms with van der Waals surface area (Å²) in [6.45, 7) is 1.28. The molecular formula is C28H23F3N4O3. The Morgan fingerprint density at radius 1 is 0.816 bits per heavy atom. The third-order valence-corrected chi connectivity index (χ3v) is 6.21. The monoisotopic (exact) mass is 520 g/mol. The predicted octanol–water partition coefficient (Wildman–Crippen LogP) is 5.79. The number of benzene rings is 3. The van der Waals surface area contributed by atoms with E-state index in [9.17, 15) is 22.8 Å². The molecule has 0 spiro atoms. The van der Waals surface area contributed by atoms with Crippen molar-refractivity contribution in [2.24, 2.45) is 0 Å². The van der Waals surface area contributed by atoms with Gasteiger partial charge in [-0.2, -0.15) is 0 Å². The van der Waals surface area contributed by atoms with Crippen LogP contribution in [0, 0.1) is 0 Å². The highest BCUT2D eigenvalue weighted by molar-refractivity contribution is 6.07. The largest absolute Gasteiger partial charge is 0.573 e. The van der Waals surface area contributed by atoms with Crippen LogP contribution in [-0.2, 0) is 0 Å². The van der Waals surface area contributed by atoms with Crippen LogP contribution in [0.4, 0.5) is 23.7 Å². The molecule has 3 amide bonds. The molecule has 7 nitrogen and oxygen atoms in total. The fourth-order valence-electron chi connectivity index (χ4n) is 4.33. The van der Waals surface area contributed by atoms with Crippen LogP contribution >= 0.6 is 0 Å². The molecule has 194 valence electrons. The molecule has 2 heterocycles. The number of nitrogens with zero attached hydrogens (tertiary/aromatic N) is 3. The molecule has 38 heavy (non-hydrogen) atoms. The van der Waals surface area contributed by atoms with Crippen molar-refractivity contribution in [3.05, 3.63) is 90.5 Å². The molecule has 0 aliphatic carbocycles. The number of nitrogens with one attached hydrogen (secondary N) is 1. The summed E-state index contributed by atoms with van der Waals surface area (Å²) >= 11 is 0. The summed E-state index contributed by atoms with van der Waals surface area (Å²) in [6.07, 6.45) is -4.78. The van der Waals surface area contributed by atoms with Crippen LogP contribution in [0.1, 0.15) is 10.4 Å². The number of hydrogen-bond acceptors (Lipinski definition) is 4. The SMILES string of the molecule is O=C(Nc1ccc(OC(F)(F)F)cc1)N1CCN(C(=O)c2cc(-c3ccccc3)nc3ccccc23)CC1. The van der Waals surface area contributed by atoms with Gasteiger partial charge in [0.15, 0.2) is 0 Å². The van der Waals surface area contributed by atoms with Gasteiger partial charge in [0.1, 0.15) is 5.75 Å². The number of urea groups is 1. The number of halogens is 3. The molecule has 0 radical (unpaired) electrons. The van der Waals surface area contributed by atoms with Crippen molar-refractivity contribution >= 4 is 28.5 Å². The van der Waals surface area contributed by atoms with Crippen LogP contribution in [0.5, 0.6) is 5.75 Å². The van der Waals surface area contributed by atoms with Crippen LogP contribution in [0.3, 0.4) is 0 Å². The normalized spacial score (nSPS) is 13.9. The highest BCUT2D eigenvalue weighted by Gasteiger charge is 2.31. The second-order valence-electron chi connectivity index (χ2n) is 8.72. The molecule has 1 saturated heterocycles. The van der Waals surface area contributed by atoms with Gasteiger partial charge in [0.05, 0.1) is 16.8 Å². The Labute approximate surface area is 216 Å². The number of aromatic nitrogens is 1. The van der Waals surface area contributed by atoms with E-state index in [2.05, 4.69) is 10.1 Å². The Kier molecular flexibility index (Phi) is 6.87. The van der Waals surface area contributed by atoms with Gasteiger partial charge in [-0.15, -0.1) is 13.2 Å². The fraction of sp³-hybridized carbons (Fsp3) is 0.179. The van der Waals surface area contributed by atoms with E-state index in [0.717, 1.165) is 28.6 Å². The number of alkyl halides is 3. The zero-order valence-electron chi connectivity index (χ0n) is 20.1. The van der Waals surface area contributed by atoms with Crippen LogP contribution < -0.4 is 10.1 Å². The zero-order chi connectivity index (χ0) is 26.7. The van der Waals surface area contributed by atoms with Crippen molar-refractivity contribution in [1.82, 2.24) is 14.8 Å². The van der Waals surface area contributed by atoms with Crippen LogP contribution in [0.2, 0.25) is 0 Å². The van der Waals surface area contributed by atoms with E-state index < -0.39 is 12.4 Å². The van der Waals surface area contributed by atoms with Crippen molar-refractivity contribution in [3.8, 4) is 17.0 Å². The van der Waals surface area contributed by atoms with E-state index >= 15 is 0 Å². The van der Waals surface area contributed by atoms with Gasteiger partial charge in [-0.3, -0.25) is 4.79 Å². The maximum absolute atomic E-state index is 13.6. The molecular weight excluding hydrogens is 497 g/mol. The lowest BCUT2D eigenvalue weighted by atomic mass is 10.0. The molecule has 1 aromatic heterocycles. The number of amides is 3. The van der Waals surface area contributed by atoms with Gasteiger partial charge in [-0.25, -0.2) is 9.78 Å². The minimum Gasteiger partial charge on any atom is -0.406 e. The number of pyridine rings is 1. The van der Waals surface area contributed by atoms with Gasteiger partial charge in [0.25, 0.3) is 5.91 Å². The van der Waals surface area contributed by atoms with E-state index in [1.807, 2.05) is 60.7 Å². The van der Waals surface area contributed by atoms with Gasteiger partial charge < -0.3 is 19.9 Å². The molecule has 0 unspecified atom stereocenters. The summed E-state index contributed by atoms with van der Waals surface area (Å²) in [5.41, 5.74) is 3.22. The molecule has 1 N–H and O–H groups in total. The molecule has 0 atom stereocenters. The number of anilines is 1. The Morgan fingerprint density at radius 3 is 2.13 bits per heavy atom. The third-order valence-electron chi connectivity index (χ3n) is 6.21. The number of carbonyl (C=O) groups excluding carboxylic acids is 2. The first-order valence-electron chi connectivity index (χ1n) is 11.9. The van der Waals surface area contributed by atoms with E-state index in [-0.39, 0.29) is 11.7 Å². The summed E-state index contributed by atoms with van der Waals surface area (Å²) < 4.78 is 40.9. The maximum atomic E-state index is 13.6. The predicted molar refractivity (Wildman–Crippen MR) is 137 cm³/mol. The van der Waals surface area contributed by atoms with Crippen molar-refractivity contribution in [2.45, 2.75) is 6.36 Å². The smallest absolute Gasteiger partial charge is 0.406 e. The summed E-state index contributed by atoms with van der Waals surface area (Å²) in [7, 11) is 0. The fourth-order valence-corrected chi connectivity index (χ4v) is 4.33. The lowest BCUT2D eigenvalue weighted by Crippen LogP contribution is -2.51. The lowest BCUT2D eigenvalue weighted by Gasteiger charge is -2.35. The average molecular weight is 521 g/mol. The van der Waals surface area contributed by atoms with E-state index in [0.29, 0.717) is 43.1 Å². The number of carbonyl (C=O) groups is 2. The van der Waals surface area contributed by atoms with E-state index in [1.165, 1.54) is 12.1 Å². The molecule has 1 fully saturated rings. The van der Waals surface area contributed by atoms with Gasteiger partial charge >= 0.3 is 12.4 Å². The second kappa shape index (κ2) is 10.4. The van der Waals surface area contributed by atoms with Crippen LogP contribution in [0.15, 0.2) is 84.9 Å². The molecule has 1 aliphatic rings. The quantitative estimate of drug-likeness (QED) is 0.370. The van der Waals surface area contributed by atoms with Crippen LogP contribution in [-0.4, -0.2) is 59.3 Å². The van der Waals surface area contributed by atoms with Gasteiger partial charge in [-0.05, 0) is 36.4 Å². The lowest BCUT2D eigenvalue weighted by molar-refractivity contribution is -0.274. The molecule has 0 bridgehead atoms. The number of hydrogen-bond donors (Lipinski definition) is 1. The van der Waals surface area contributed by atoms with Gasteiger partial charge in [0, 0.05) is 42.8 Å². The first-order valence-corrected chi connectivity index (χ1v) is 11.9. The van der Waals surface area contributed by atoms with Crippen molar-refractivity contribution in [3.63, 3.8) is 0 Å². The Hall–Kier alpha value is -4.60. The highest BCUT2D eigenvalue weighted by atomic mass is 19.4. The maximum Gasteiger partial charge on any atom is 0.573 e. The van der Waals surface area contributed by atoms with Crippen LogP contribution in [0.25, 0.3) is 22.2 Å². The summed E-state index contributed by atoms with van der Waals surface area (Å²) in [6, 6.07) is 23.5. The zero-order valence-corrected chi connectivity index (χ0v) is 20.1. The van der Waals surface area contributed by atoms with Crippen molar-refractivity contribution in [2.75, 3.05) is 31.5 Å². The molecule has 10 heteroatoms. The Bertz CT molecular complexity index is 1450. The minimum absolute atomic E-state index is 0.138. The van der Waals surface area contributed by atoms with Gasteiger partial charge in [0.2, 0.25) is 0 Å². The number of para-hydroxylation sites is 1. The Balaban J connectivity index is 1.26. The first kappa shape index (κ1) is 25.1. The first-order chi connectivity index (χ1) is 18.3. The van der Waals surface area contributed by atoms with E-state index in [1.54, 1.807) is 9.80 Å². The summed E-state index contributed by atoms with van der Waals surface area (Å²) in [4.78, 5) is 34.3. The van der Waals surface area contributed by atoms with Gasteiger partial charge in [-0.1, -0.05) is 48.5 Å². The summed E-state index contributed by atoms with van der Waals surface area (Å²) in [5, 5.41) is 3.43. The number of piperazine rings is 1. The van der Waals surface area contributed by atoms with Crippen molar-refractivity contribution in [1.29, 1.82) is 0 Å². The molecule has 5 rings (SSSR count). The highest BCUT2D eigenvalue weighted by Crippen LogP contribution is 2.27. The molecule has 3 aromatic carbocycles. The van der Waals surface area contributed by atoms with Crippen molar-refractivity contribution < 1.29 is 27.5 Å². The second-order valence-corrected chi connectivity index (χ2v) is 8.72. The topological polar surface area (TPSA) is 74.8 Å². The molecule has 1 aliphatic heterocycles. The molecule has 0 saturated carbocycles. The Morgan fingerprint density at radius 2 is 1.45 bits per heavy atom. The minimum atomic E-state index is -4.78. The number of fused-ring (bicyclic) bond motifs is 1. The van der Waals surface area contributed by atoms with E-state index in [4.69, 9.17) is 4.98 Å². The molecule has 4 aromatic rings. The summed E-state index contributed by atoms with van der Waals surface area (Å²) in [5.74, 6) is -0.511. The average Bonchev–Trinajstić information content (AvgIpc) is 2.93. The third kappa shape index (κ3) is 5.69. The number of rotatable bonds is 4. The number of ether oxygens (including phenoxy) is 1.